The zero-order chi connectivity index (χ0) is 11.5. The Labute approximate surface area is 96.1 Å². The Hall–Kier alpha value is -0.763. The summed E-state index contributed by atoms with van der Waals surface area (Å²) in [5, 5.41) is 0. The van der Waals surface area contributed by atoms with Crippen molar-refractivity contribution in [3.05, 3.63) is 30.3 Å². The zero-order valence-electron chi connectivity index (χ0n) is 10.5. The minimum Gasteiger partial charge on any atom is -0.497 e. The molecular formula is C13H24OSi. The molecule has 2 heteroatoms. The first kappa shape index (κ1) is 14.2. The Morgan fingerprint density at radius 2 is 1.40 bits per heavy atom. The Balaban J connectivity index is 0.000000265. The van der Waals surface area contributed by atoms with Crippen molar-refractivity contribution in [2.45, 2.75) is 38.9 Å². The van der Waals surface area contributed by atoms with Crippen LogP contribution in [0.3, 0.4) is 0 Å². The average molecular weight is 224 g/mol. The van der Waals surface area contributed by atoms with E-state index in [0.717, 1.165) is 5.75 Å². The smallest absolute Gasteiger partial charge is 0.118 e. The zero-order valence-corrected chi connectivity index (χ0v) is 11.6. The minimum absolute atomic E-state index is 0.171. The lowest BCUT2D eigenvalue weighted by Gasteiger charge is -2.03. The van der Waals surface area contributed by atoms with Gasteiger partial charge >= 0.3 is 0 Å². The molecule has 0 bridgehead atoms. The average Bonchev–Trinajstić information content (AvgIpc) is 2.33. The van der Waals surface area contributed by atoms with Crippen molar-refractivity contribution in [2.24, 2.45) is 0 Å². The van der Waals surface area contributed by atoms with Crippen molar-refractivity contribution in [3.63, 3.8) is 0 Å². The van der Waals surface area contributed by atoms with E-state index in [1.165, 1.54) is 18.1 Å². The predicted octanol–water partition coefficient (Wildman–Crippen LogP) is 3.97. The van der Waals surface area contributed by atoms with Crippen molar-refractivity contribution in [1.82, 2.24) is 0 Å². The van der Waals surface area contributed by atoms with E-state index in [-0.39, 0.29) is 8.80 Å². The molecular weight excluding hydrogens is 200 g/mol. The molecule has 1 rings (SSSR count). The third-order valence-corrected chi connectivity index (χ3v) is 6.18. The van der Waals surface area contributed by atoms with Gasteiger partial charge in [-0.1, -0.05) is 57.1 Å². The normalized spacial score (nSPS) is 9.40. The predicted molar refractivity (Wildman–Crippen MR) is 71.6 cm³/mol. The molecule has 0 radical (unpaired) electrons. The van der Waals surface area contributed by atoms with Crippen LogP contribution in [-0.2, 0) is 0 Å². The van der Waals surface area contributed by atoms with Gasteiger partial charge in [0.1, 0.15) is 5.75 Å². The molecule has 0 amide bonds. The van der Waals surface area contributed by atoms with Gasteiger partial charge in [-0.3, -0.25) is 0 Å². The first-order valence-corrected chi connectivity index (χ1v) is 8.32. The standard InChI is InChI=1S/C7H8O.C6H16Si/c1-8-7-5-3-2-4-6-7;1-4-7(5-2)6-3/h2-6H,1H3;7H,4-6H2,1-3H3. The van der Waals surface area contributed by atoms with Crippen molar-refractivity contribution >= 4 is 8.80 Å². The van der Waals surface area contributed by atoms with Gasteiger partial charge in [-0.2, -0.15) is 0 Å². The van der Waals surface area contributed by atoms with Crippen LogP contribution in [0.5, 0.6) is 5.75 Å². The van der Waals surface area contributed by atoms with Gasteiger partial charge in [0, 0.05) is 8.80 Å². The monoisotopic (exact) mass is 224 g/mol. The Morgan fingerprint density at radius 3 is 1.60 bits per heavy atom. The second kappa shape index (κ2) is 9.78. The van der Waals surface area contributed by atoms with Crippen molar-refractivity contribution in [3.8, 4) is 5.75 Å². The van der Waals surface area contributed by atoms with Crippen LogP contribution in [0.1, 0.15) is 20.8 Å². The van der Waals surface area contributed by atoms with Gasteiger partial charge in [-0.25, -0.2) is 0 Å². The first-order valence-electron chi connectivity index (χ1n) is 5.87. The van der Waals surface area contributed by atoms with Crippen LogP contribution in [0.15, 0.2) is 30.3 Å². The summed E-state index contributed by atoms with van der Waals surface area (Å²) < 4.78 is 4.91. The maximum atomic E-state index is 4.91. The number of benzene rings is 1. The number of rotatable bonds is 4. The molecule has 0 aliphatic carbocycles. The molecule has 0 aliphatic rings. The van der Waals surface area contributed by atoms with Gasteiger partial charge in [0.2, 0.25) is 0 Å². The van der Waals surface area contributed by atoms with Crippen LogP contribution in [0.2, 0.25) is 18.1 Å². The lowest BCUT2D eigenvalue weighted by molar-refractivity contribution is 0.415. The molecule has 86 valence electrons. The van der Waals surface area contributed by atoms with Crippen LogP contribution >= 0.6 is 0 Å². The summed E-state index contributed by atoms with van der Waals surface area (Å²) in [6, 6.07) is 14.2. The molecule has 0 heterocycles. The van der Waals surface area contributed by atoms with E-state index in [1.54, 1.807) is 7.11 Å². The molecule has 0 atom stereocenters. The highest BCUT2D eigenvalue weighted by molar-refractivity contribution is 6.58. The topological polar surface area (TPSA) is 9.23 Å². The van der Waals surface area contributed by atoms with E-state index in [1.807, 2.05) is 30.3 Å². The number of hydrogen-bond acceptors (Lipinski definition) is 1. The third-order valence-electron chi connectivity index (χ3n) is 2.71. The quantitative estimate of drug-likeness (QED) is 0.703. The summed E-state index contributed by atoms with van der Waals surface area (Å²) in [5.41, 5.74) is 0. The molecule has 0 spiro atoms. The molecule has 0 aromatic heterocycles. The van der Waals surface area contributed by atoms with Crippen LogP contribution < -0.4 is 4.74 Å². The molecule has 1 aromatic rings. The number of hydrogen-bond donors (Lipinski definition) is 0. The van der Waals surface area contributed by atoms with E-state index >= 15 is 0 Å². The maximum absolute atomic E-state index is 4.91. The van der Waals surface area contributed by atoms with E-state index < -0.39 is 0 Å². The first-order chi connectivity index (χ1) is 7.28. The Morgan fingerprint density at radius 1 is 0.933 bits per heavy atom. The van der Waals surface area contributed by atoms with Gasteiger partial charge in [0.15, 0.2) is 0 Å². The highest BCUT2D eigenvalue weighted by Gasteiger charge is 1.98. The van der Waals surface area contributed by atoms with Crippen molar-refractivity contribution in [1.29, 1.82) is 0 Å². The van der Waals surface area contributed by atoms with Gasteiger partial charge in [-0.05, 0) is 12.1 Å². The highest BCUT2D eigenvalue weighted by atomic mass is 28.3. The number of methoxy groups -OCH3 is 1. The molecule has 15 heavy (non-hydrogen) atoms. The third kappa shape index (κ3) is 7.20. The molecule has 0 saturated heterocycles. The summed E-state index contributed by atoms with van der Waals surface area (Å²) in [6.45, 7) is 6.97. The van der Waals surface area contributed by atoms with Crippen molar-refractivity contribution < 1.29 is 4.74 Å². The summed E-state index contributed by atoms with van der Waals surface area (Å²) in [6.07, 6.45) is 0. The Kier molecular flexibility index (Phi) is 9.28. The molecule has 0 N–H and O–H groups in total. The fourth-order valence-electron chi connectivity index (χ4n) is 1.42. The van der Waals surface area contributed by atoms with Crippen LogP contribution in [0.4, 0.5) is 0 Å². The highest BCUT2D eigenvalue weighted by Crippen LogP contribution is 2.05. The molecule has 0 unspecified atom stereocenters. The molecule has 1 nitrogen and oxygen atoms in total. The summed E-state index contributed by atoms with van der Waals surface area (Å²) in [4.78, 5) is 0. The maximum Gasteiger partial charge on any atom is 0.118 e. The lowest BCUT2D eigenvalue weighted by atomic mass is 10.3. The summed E-state index contributed by atoms with van der Waals surface area (Å²) in [7, 11) is 1.49. The van der Waals surface area contributed by atoms with E-state index in [0.29, 0.717) is 0 Å². The van der Waals surface area contributed by atoms with Crippen LogP contribution in [0.25, 0.3) is 0 Å². The largest absolute Gasteiger partial charge is 0.497 e. The lowest BCUT2D eigenvalue weighted by Crippen LogP contribution is -2.04. The SMILES string of the molecule is CC[SiH](CC)CC.COc1ccccc1. The van der Waals surface area contributed by atoms with E-state index in [2.05, 4.69) is 20.8 Å². The van der Waals surface area contributed by atoms with Gasteiger partial charge in [-0.15, -0.1) is 0 Å². The second-order valence-corrected chi connectivity index (χ2v) is 7.79. The summed E-state index contributed by atoms with van der Waals surface area (Å²) >= 11 is 0. The van der Waals surface area contributed by atoms with Crippen LogP contribution in [0, 0.1) is 0 Å². The van der Waals surface area contributed by atoms with Crippen LogP contribution in [-0.4, -0.2) is 15.9 Å². The van der Waals surface area contributed by atoms with Gasteiger partial charge in [0.25, 0.3) is 0 Å². The molecule has 0 saturated carbocycles. The number of para-hydroxylation sites is 1. The second-order valence-electron chi connectivity index (χ2n) is 3.61. The summed E-state index contributed by atoms with van der Waals surface area (Å²) in [5.74, 6) is 0.910. The molecule has 1 aromatic carbocycles. The van der Waals surface area contributed by atoms with Gasteiger partial charge < -0.3 is 4.74 Å². The van der Waals surface area contributed by atoms with Crippen molar-refractivity contribution in [2.75, 3.05) is 7.11 Å². The van der Waals surface area contributed by atoms with E-state index in [9.17, 15) is 0 Å². The fraction of sp³-hybridized carbons (Fsp3) is 0.538. The number of ether oxygens (including phenoxy) is 1. The fourth-order valence-corrected chi connectivity index (χ4v) is 3.15. The van der Waals surface area contributed by atoms with Gasteiger partial charge in [0.05, 0.1) is 7.11 Å². The minimum atomic E-state index is -0.171. The molecule has 0 aliphatic heterocycles. The Bertz CT molecular complexity index is 214. The van der Waals surface area contributed by atoms with E-state index in [4.69, 9.17) is 4.74 Å². The molecule has 0 fully saturated rings.